The molecule has 0 saturated heterocycles. The summed E-state index contributed by atoms with van der Waals surface area (Å²) < 4.78 is 0. The van der Waals surface area contributed by atoms with Crippen LogP contribution < -0.4 is 16.2 Å². The fraction of sp³-hybridized carbons (Fsp3) is 0.692. The maximum atomic E-state index is 5.47. The summed E-state index contributed by atoms with van der Waals surface area (Å²) in [6.07, 6.45) is 6.78. The average Bonchev–Trinajstić information content (AvgIpc) is 2.39. The van der Waals surface area contributed by atoms with Crippen LogP contribution in [0.2, 0.25) is 0 Å². The molecule has 0 amide bonds. The molecule has 5 nitrogen and oxygen atoms in total. The minimum Gasteiger partial charge on any atom is -0.356 e. The second-order valence-corrected chi connectivity index (χ2v) is 5.26. The number of nitrogens with one attached hydrogen (secondary N) is 1. The van der Waals surface area contributed by atoms with Gasteiger partial charge in [0.25, 0.3) is 0 Å². The third-order valence-corrected chi connectivity index (χ3v) is 4.09. The molecule has 1 aliphatic carbocycles. The molecular formula is C13H23N5. The van der Waals surface area contributed by atoms with Crippen molar-refractivity contribution in [1.82, 2.24) is 9.97 Å². The van der Waals surface area contributed by atoms with E-state index in [1.54, 1.807) is 6.33 Å². The Morgan fingerprint density at radius 3 is 2.72 bits per heavy atom. The van der Waals surface area contributed by atoms with E-state index in [0.717, 1.165) is 11.4 Å². The number of nitrogen functional groups attached to an aromatic ring is 1. The van der Waals surface area contributed by atoms with Crippen molar-refractivity contribution in [3.05, 3.63) is 11.9 Å². The highest BCUT2D eigenvalue weighted by molar-refractivity contribution is 5.57. The summed E-state index contributed by atoms with van der Waals surface area (Å²) in [5, 5.41) is 0. The minimum absolute atomic E-state index is 0.568. The predicted octanol–water partition coefficient (Wildman–Crippen LogP) is 2.09. The molecule has 1 aliphatic rings. The third kappa shape index (κ3) is 2.41. The summed E-state index contributed by atoms with van der Waals surface area (Å²) in [6.45, 7) is 4.34. The normalized spacial score (nSPS) is 23.8. The molecule has 1 fully saturated rings. The van der Waals surface area contributed by atoms with Crippen LogP contribution in [-0.2, 0) is 0 Å². The van der Waals surface area contributed by atoms with E-state index in [1.807, 2.05) is 6.92 Å². The SMILES string of the molecule is Cc1c(NN)ncnc1N(C)C1CCCCC1C. The summed E-state index contributed by atoms with van der Waals surface area (Å²) in [6, 6.07) is 0.568. The number of hydrogen-bond donors (Lipinski definition) is 2. The predicted molar refractivity (Wildman–Crippen MR) is 74.4 cm³/mol. The van der Waals surface area contributed by atoms with Gasteiger partial charge in [0.1, 0.15) is 18.0 Å². The van der Waals surface area contributed by atoms with E-state index in [0.29, 0.717) is 17.8 Å². The molecule has 2 unspecified atom stereocenters. The first-order valence-corrected chi connectivity index (χ1v) is 6.66. The van der Waals surface area contributed by atoms with Crippen molar-refractivity contribution in [1.29, 1.82) is 0 Å². The Hall–Kier alpha value is -1.36. The Kier molecular flexibility index (Phi) is 4.01. The number of hydrazine groups is 1. The van der Waals surface area contributed by atoms with E-state index in [2.05, 4.69) is 34.3 Å². The van der Waals surface area contributed by atoms with Crippen LogP contribution in [0.3, 0.4) is 0 Å². The van der Waals surface area contributed by atoms with Crippen LogP contribution in [0.15, 0.2) is 6.33 Å². The summed E-state index contributed by atoms with van der Waals surface area (Å²) in [4.78, 5) is 10.8. The van der Waals surface area contributed by atoms with Gasteiger partial charge in [-0.25, -0.2) is 15.8 Å². The van der Waals surface area contributed by atoms with Gasteiger partial charge in [0.15, 0.2) is 0 Å². The second kappa shape index (κ2) is 5.52. The van der Waals surface area contributed by atoms with E-state index < -0.39 is 0 Å². The van der Waals surface area contributed by atoms with Gasteiger partial charge in [-0.05, 0) is 25.7 Å². The smallest absolute Gasteiger partial charge is 0.148 e. The van der Waals surface area contributed by atoms with E-state index in [1.165, 1.54) is 25.7 Å². The molecular weight excluding hydrogens is 226 g/mol. The van der Waals surface area contributed by atoms with Crippen LogP contribution >= 0.6 is 0 Å². The largest absolute Gasteiger partial charge is 0.356 e. The van der Waals surface area contributed by atoms with Crippen molar-refractivity contribution in [3.8, 4) is 0 Å². The van der Waals surface area contributed by atoms with E-state index >= 15 is 0 Å². The Morgan fingerprint density at radius 2 is 2.06 bits per heavy atom. The Labute approximate surface area is 109 Å². The van der Waals surface area contributed by atoms with Gasteiger partial charge in [0.05, 0.1) is 0 Å². The molecule has 3 N–H and O–H groups in total. The standard InChI is InChI=1S/C13H23N5/c1-9-6-4-5-7-11(9)18(3)13-10(2)12(17-14)15-8-16-13/h8-9,11H,4-7,14H2,1-3H3,(H,15,16,17). The van der Waals surface area contributed by atoms with Gasteiger partial charge in [-0.1, -0.05) is 19.8 Å². The highest BCUT2D eigenvalue weighted by Crippen LogP contribution is 2.31. The molecule has 0 aromatic carbocycles. The molecule has 2 rings (SSSR count). The van der Waals surface area contributed by atoms with Crippen LogP contribution in [-0.4, -0.2) is 23.1 Å². The molecule has 0 bridgehead atoms. The number of nitrogens with zero attached hydrogens (tertiary/aromatic N) is 3. The quantitative estimate of drug-likeness (QED) is 0.634. The number of rotatable bonds is 3. The van der Waals surface area contributed by atoms with Gasteiger partial charge in [0, 0.05) is 18.7 Å². The zero-order valence-corrected chi connectivity index (χ0v) is 11.5. The van der Waals surface area contributed by atoms with Gasteiger partial charge < -0.3 is 10.3 Å². The Bertz CT molecular complexity index is 406. The molecule has 100 valence electrons. The zero-order chi connectivity index (χ0) is 13.1. The Morgan fingerprint density at radius 1 is 1.33 bits per heavy atom. The lowest BCUT2D eigenvalue weighted by Gasteiger charge is -2.37. The maximum absolute atomic E-state index is 5.47. The first-order chi connectivity index (χ1) is 8.65. The number of hydrogen-bond acceptors (Lipinski definition) is 5. The molecule has 1 aromatic heterocycles. The molecule has 0 aliphatic heterocycles. The van der Waals surface area contributed by atoms with E-state index in [4.69, 9.17) is 5.84 Å². The lowest BCUT2D eigenvalue weighted by molar-refractivity contribution is 0.320. The van der Waals surface area contributed by atoms with Crippen LogP contribution in [0.5, 0.6) is 0 Å². The fourth-order valence-corrected chi connectivity index (χ4v) is 2.97. The monoisotopic (exact) mass is 249 g/mol. The number of anilines is 2. The van der Waals surface area contributed by atoms with Gasteiger partial charge in [-0.3, -0.25) is 0 Å². The molecule has 0 spiro atoms. The first-order valence-electron chi connectivity index (χ1n) is 6.66. The molecule has 1 saturated carbocycles. The van der Waals surface area contributed by atoms with Crippen molar-refractivity contribution in [3.63, 3.8) is 0 Å². The lowest BCUT2D eigenvalue weighted by Crippen LogP contribution is -2.40. The van der Waals surface area contributed by atoms with Crippen LogP contribution in [0, 0.1) is 12.8 Å². The lowest BCUT2D eigenvalue weighted by atomic mass is 9.85. The molecule has 5 heteroatoms. The minimum atomic E-state index is 0.568. The summed E-state index contributed by atoms with van der Waals surface area (Å²) in [7, 11) is 2.13. The van der Waals surface area contributed by atoms with Gasteiger partial charge >= 0.3 is 0 Å². The van der Waals surface area contributed by atoms with Crippen molar-refractivity contribution < 1.29 is 0 Å². The van der Waals surface area contributed by atoms with Crippen molar-refractivity contribution in [2.75, 3.05) is 17.4 Å². The van der Waals surface area contributed by atoms with Gasteiger partial charge in [-0.15, -0.1) is 0 Å². The molecule has 2 atom stereocenters. The highest BCUT2D eigenvalue weighted by Gasteiger charge is 2.26. The van der Waals surface area contributed by atoms with E-state index in [9.17, 15) is 0 Å². The maximum Gasteiger partial charge on any atom is 0.148 e. The van der Waals surface area contributed by atoms with Crippen molar-refractivity contribution in [2.24, 2.45) is 11.8 Å². The summed E-state index contributed by atoms with van der Waals surface area (Å²) in [5.41, 5.74) is 3.64. The summed E-state index contributed by atoms with van der Waals surface area (Å²) >= 11 is 0. The fourth-order valence-electron chi connectivity index (χ4n) is 2.97. The molecule has 18 heavy (non-hydrogen) atoms. The number of aromatic nitrogens is 2. The Balaban J connectivity index is 2.24. The molecule has 0 radical (unpaired) electrons. The zero-order valence-electron chi connectivity index (χ0n) is 11.5. The van der Waals surface area contributed by atoms with E-state index in [-0.39, 0.29) is 0 Å². The topological polar surface area (TPSA) is 67.1 Å². The van der Waals surface area contributed by atoms with Crippen LogP contribution in [0.1, 0.15) is 38.2 Å². The molecule has 1 aromatic rings. The number of nitrogens with two attached hydrogens (primary N) is 1. The average molecular weight is 249 g/mol. The van der Waals surface area contributed by atoms with Crippen LogP contribution in [0.4, 0.5) is 11.6 Å². The molecule has 1 heterocycles. The van der Waals surface area contributed by atoms with Gasteiger partial charge in [-0.2, -0.15) is 0 Å². The van der Waals surface area contributed by atoms with Gasteiger partial charge in [0.2, 0.25) is 0 Å². The van der Waals surface area contributed by atoms with Crippen molar-refractivity contribution >= 4 is 11.6 Å². The summed E-state index contributed by atoms with van der Waals surface area (Å²) in [5.74, 6) is 7.87. The first kappa shape index (κ1) is 13.1. The second-order valence-electron chi connectivity index (χ2n) is 5.26. The third-order valence-electron chi connectivity index (χ3n) is 4.09. The highest BCUT2D eigenvalue weighted by atomic mass is 15.3. The van der Waals surface area contributed by atoms with Crippen molar-refractivity contribution in [2.45, 2.75) is 45.6 Å². The van der Waals surface area contributed by atoms with Crippen LogP contribution in [0.25, 0.3) is 0 Å².